The zero-order valence-electron chi connectivity index (χ0n) is 9.76. The van der Waals surface area contributed by atoms with Gasteiger partial charge in [0.15, 0.2) is 0 Å². The number of nitrogens with one attached hydrogen (secondary N) is 1. The first-order valence-electron chi connectivity index (χ1n) is 5.06. The lowest BCUT2D eigenvalue weighted by molar-refractivity contribution is -0.138. The van der Waals surface area contributed by atoms with Crippen LogP contribution in [-0.4, -0.2) is 44.5 Å². The maximum atomic E-state index is 11.8. The van der Waals surface area contributed by atoms with E-state index < -0.39 is 5.41 Å². The summed E-state index contributed by atoms with van der Waals surface area (Å²) in [5.41, 5.74) is 5.10. The molecule has 0 radical (unpaired) electrons. The highest BCUT2D eigenvalue weighted by Gasteiger charge is 2.28. The molecule has 4 nitrogen and oxygen atoms in total. The van der Waals surface area contributed by atoms with E-state index in [0.717, 1.165) is 19.5 Å². The van der Waals surface area contributed by atoms with Gasteiger partial charge in [0.05, 0.1) is 5.41 Å². The third-order valence-electron chi connectivity index (χ3n) is 2.36. The van der Waals surface area contributed by atoms with Gasteiger partial charge in [-0.25, -0.2) is 0 Å². The predicted octanol–water partition coefficient (Wildman–Crippen LogP) is 0.0392. The zero-order valence-corrected chi connectivity index (χ0v) is 9.76. The summed E-state index contributed by atoms with van der Waals surface area (Å²) >= 11 is 0. The van der Waals surface area contributed by atoms with E-state index in [4.69, 9.17) is 5.73 Å². The summed E-state index contributed by atoms with van der Waals surface area (Å²) < 4.78 is 0. The SMILES string of the molecule is CNCCCN(C)C(=O)C(C)(C)CN. The molecular formula is C10H23N3O. The fraction of sp³-hybridized carbons (Fsp3) is 0.900. The summed E-state index contributed by atoms with van der Waals surface area (Å²) in [4.78, 5) is 13.6. The van der Waals surface area contributed by atoms with Crippen LogP contribution in [0, 0.1) is 5.41 Å². The Labute approximate surface area is 86.8 Å². The topological polar surface area (TPSA) is 58.4 Å². The molecule has 0 bridgehead atoms. The summed E-state index contributed by atoms with van der Waals surface area (Å²) in [6.45, 7) is 5.86. The maximum absolute atomic E-state index is 11.8. The molecule has 3 N–H and O–H groups in total. The number of rotatable bonds is 6. The van der Waals surface area contributed by atoms with Crippen LogP contribution in [0.1, 0.15) is 20.3 Å². The van der Waals surface area contributed by atoms with Gasteiger partial charge in [-0.15, -0.1) is 0 Å². The molecule has 0 saturated carbocycles. The van der Waals surface area contributed by atoms with E-state index in [9.17, 15) is 4.79 Å². The fourth-order valence-corrected chi connectivity index (χ4v) is 1.20. The molecule has 0 heterocycles. The Morgan fingerprint density at radius 1 is 1.50 bits per heavy atom. The van der Waals surface area contributed by atoms with Crippen molar-refractivity contribution in [2.75, 3.05) is 33.7 Å². The van der Waals surface area contributed by atoms with Crippen LogP contribution in [0.2, 0.25) is 0 Å². The number of carbonyl (C=O) groups excluding carboxylic acids is 1. The van der Waals surface area contributed by atoms with Gasteiger partial charge in [-0.1, -0.05) is 0 Å². The van der Waals surface area contributed by atoms with Crippen LogP contribution in [0.25, 0.3) is 0 Å². The monoisotopic (exact) mass is 201 g/mol. The lowest BCUT2D eigenvalue weighted by Gasteiger charge is -2.28. The standard InChI is InChI=1S/C10H23N3O/c1-10(2,8-11)9(14)13(4)7-5-6-12-3/h12H,5-8,11H2,1-4H3. The summed E-state index contributed by atoms with van der Waals surface area (Å²) in [6.07, 6.45) is 0.972. The second-order valence-corrected chi connectivity index (χ2v) is 4.27. The molecule has 0 saturated heterocycles. The highest BCUT2D eigenvalue weighted by atomic mass is 16.2. The number of carbonyl (C=O) groups is 1. The van der Waals surface area contributed by atoms with E-state index >= 15 is 0 Å². The first kappa shape index (κ1) is 13.4. The molecule has 0 fully saturated rings. The molecule has 0 aromatic rings. The van der Waals surface area contributed by atoms with E-state index in [1.807, 2.05) is 27.9 Å². The van der Waals surface area contributed by atoms with Crippen LogP contribution >= 0.6 is 0 Å². The van der Waals surface area contributed by atoms with E-state index in [-0.39, 0.29) is 5.91 Å². The van der Waals surface area contributed by atoms with Crippen molar-refractivity contribution in [2.24, 2.45) is 11.1 Å². The van der Waals surface area contributed by atoms with Gasteiger partial charge in [0.1, 0.15) is 0 Å². The average Bonchev–Trinajstić information content (AvgIpc) is 2.17. The molecule has 0 aliphatic heterocycles. The molecule has 0 unspecified atom stereocenters. The summed E-state index contributed by atoms with van der Waals surface area (Å²) in [5, 5.41) is 3.05. The summed E-state index contributed by atoms with van der Waals surface area (Å²) in [6, 6.07) is 0. The number of nitrogens with two attached hydrogens (primary N) is 1. The van der Waals surface area contributed by atoms with Crippen LogP contribution in [0.4, 0.5) is 0 Å². The number of hydrogen-bond acceptors (Lipinski definition) is 3. The first-order valence-corrected chi connectivity index (χ1v) is 5.06. The minimum Gasteiger partial charge on any atom is -0.345 e. The lowest BCUT2D eigenvalue weighted by Crippen LogP contribution is -2.43. The van der Waals surface area contributed by atoms with Gasteiger partial charge in [-0.05, 0) is 33.9 Å². The van der Waals surface area contributed by atoms with Crippen molar-refractivity contribution in [3.8, 4) is 0 Å². The van der Waals surface area contributed by atoms with Gasteiger partial charge in [-0.3, -0.25) is 4.79 Å². The third-order valence-corrected chi connectivity index (χ3v) is 2.36. The first-order chi connectivity index (χ1) is 6.45. The number of amides is 1. The normalized spacial score (nSPS) is 11.5. The molecule has 0 aliphatic carbocycles. The molecule has 14 heavy (non-hydrogen) atoms. The third kappa shape index (κ3) is 4.07. The minimum atomic E-state index is -0.436. The van der Waals surface area contributed by atoms with E-state index in [2.05, 4.69) is 5.32 Å². The highest BCUT2D eigenvalue weighted by molar-refractivity contribution is 5.81. The zero-order chi connectivity index (χ0) is 11.2. The van der Waals surface area contributed by atoms with Gasteiger partial charge >= 0.3 is 0 Å². The van der Waals surface area contributed by atoms with Crippen LogP contribution in [0.5, 0.6) is 0 Å². The van der Waals surface area contributed by atoms with Gasteiger partial charge in [0.2, 0.25) is 5.91 Å². The number of hydrogen-bond donors (Lipinski definition) is 2. The second kappa shape index (κ2) is 5.98. The van der Waals surface area contributed by atoms with Crippen molar-refractivity contribution >= 4 is 5.91 Å². The van der Waals surface area contributed by atoms with Crippen LogP contribution in [0.15, 0.2) is 0 Å². The molecular weight excluding hydrogens is 178 g/mol. The predicted molar refractivity (Wildman–Crippen MR) is 59.0 cm³/mol. The summed E-state index contributed by atoms with van der Waals surface area (Å²) in [5.74, 6) is 0.121. The molecule has 0 aromatic carbocycles. The Bertz CT molecular complexity index is 180. The summed E-state index contributed by atoms with van der Waals surface area (Å²) in [7, 11) is 3.74. The Morgan fingerprint density at radius 2 is 2.07 bits per heavy atom. The number of nitrogens with zero attached hydrogens (tertiary/aromatic N) is 1. The van der Waals surface area contributed by atoms with Crippen LogP contribution in [-0.2, 0) is 4.79 Å². The van der Waals surface area contributed by atoms with Crippen molar-refractivity contribution in [1.29, 1.82) is 0 Å². The maximum Gasteiger partial charge on any atom is 0.229 e. The van der Waals surface area contributed by atoms with Crippen molar-refractivity contribution in [2.45, 2.75) is 20.3 Å². The quantitative estimate of drug-likeness (QED) is 0.597. The smallest absolute Gasteiger partial charge is 0.229 e. The Balaban J connectivity index is 3.99. The lowest BCUT2D eigenvalue weighted by atomic mass is 9.92. The van der Waals surface area contributed by atoms with Gasteiger partial charge in [0, 0.05) is 20.1 Å². The molecule has 0 rings (SSSR count). The molecule has 4 heteroatoms. The van der Waals surface area contributed by atoms with Crippen molar-refractivity contribution < 1.29 is 4.79 Å². The fourth-order valence-electron chi connectivity index (χ4n) is 1.20. The van der Waals surface area contributed by atoms with Crippen LogP contribution < -0.4 is 11.1 Å². The molecule has 0 aromatic heterocycles. The van der Waals surface area contributed by atoms with Gasteiger partial charge in [0.25, 0.3) is 0 Å². The molecule has 1 amide bonds. The minimum absolute atomic E-state index is 0.121. The highest BCUT2D eigenvalue weighted by Crippen LogP contribution is 2.15. The van der Waals surface area contributed by atoms with Crippen molar-refractivity contribution in [3.05, 3.63) is 0 Å². The van der Waals surface area contributed by atoms with E-state index in [1.165, 1.54) is 0 Å². The van der Waals surface area contributed by atoms with Gasteiger partial charge in [-0.2, -0.15) is 0 Å². The largest absolute Gasteiger partial charge is 0.345 e. The Morgan fingerprint density at radius 3 is 2.50 bits per heavy atom. The Kier molecular flexibility index (Phi) is 5.72. The van der Waals surface area contributed by atoms with E-state index in [1.54, 1.807) is 4.90 Å². The molecule has 0 atom stereocenters. The Hall–Kier alpha value is -0.610. The molecule has 0 spiro atoms. The van der Waals surface area contributed by atoms with E-state index in [0.29, 0.717) is 6.54 Å². The van der Waals surface area contributed by atoms with Crippen molar-refractivity contribution in [1.82, 2.24) is 10.2 Å². The van der Waals surface area contributed by atoms with Gasteiger partial charge < -0.3 is 16.0 Å². The molecule has 84 valence electrons. The second-order valence-electron chi connectivity index (χ2n) is 4.27. The molecule has 0 aliphatic rings. The average molecular weight is 201 g/mol. The van der Waals surface area contributed by atoms with Crippen molar-refractivity contribution in [3.63, 3.8) is 0 Å². The van der Waals surface area contributed by atoms with Crippen LogP contribution in [0.3, 0.4) is 0 Å².